The zero-order valence-electron chi connectivity index (χ0n) is 11.3. The van der Waals surface area contributed by atoms with Crippen molar-refractivity contribution in [3.05, 3.63) is 63.7 Å². The van der Waals surface area contributed by atoms with Crippen LogP contribution in [0.15, 0.2) is 36.4 Å². The fourth-order valence-electron chi connectivity index (χ4n) is 2.82. The first-order chi connectivity index (χ1) is 9.88. The topological polar surface area (TPSA) is 12.0 Å². The molecule has 0 spiro atoms. The summed E-state index contributed by atoms with van der Waals surface area (Å²) in [6.07, 6.45) is -3.89. The highest BCUT2D eigenvalue weighted by Crippen LogP contribution is 2.43. The number of nitrogens with one attached hydrogen (secondary N) is 1. The highest BCUT2D eigenvalue weighted by molar-refractivity contribution is 6.31. The number of fused-ring (bicyclic) bond motifs is 1. The van der Waals surface area contributed by atoms with E-state index < -0.39 is 17.8 Å². The molecule has 1 heterocycles. The normalized spacial score (nSPS) is 17.5. The zero-order valence-corrected chi connectivity index (χ0v) is 12.0. The summed E-state index contributed by atoms with van der Waals surface area (Å²) in [6, 6.07) is 8.93. The molecule has 1 unspecified atom stereocenters. The summed E-state index contributed by atoms with van der Waals surface area (Å²) in [5, 5.41) is 3.78. The van der Waals surface area contributed by atoms with Gasteiger partial charge in [-0.25, -0.2) is 0 Å². The molecule has 1 nitrogen and oxygen atoms in total. The molecule has 0 aromatic heterocycles. The maximum Gasteiger partial charge on any atom is 0.416 e. The van der Waals surface area contributed by atoms with Crippen LogP contribution >= 0.6 is 11.6 Å². The average molecular weight is 312 g/mol. The van der Waals surface area contributed by atoms with Crippen LogP contribution in [-0.2, 0) is 12.6 Å². The molecule has 21 heavy (non-hydrogen) atoms. The van der Waals surface area contributed by atoms with Gasteiger partial charge in [-0.05, 0) is 35.7 Å². The van der Waals surface area contributed by atoms with E-state index in [1.807, 2.05) is 13.0 Å². The Balaban J connectivity index is 2.03. The third-order valence-electron chi connectivity index (χ3n) is 3.83. The molecular formula is C16H13ClF3N. The number of alkyl halides is 3. The molecule has 0 saturated heterocycles. The summed E-state index contributed by atoms with van der Waals surface area (Å²) in [5.41, 5.74) is 2.39. The minimum Gasteiger partial charge on any atom is -0.377 e. The van der Waals surface area contributed by atoms with Crippen LogP contribution in [0.5, 0.6) is 0 Å². The predicted molar refractivity (Wildman–Crippen MR) is 77.7 cm³/mol. The first-order valence-electron chi connectivity index (χ1n) is 6.58. The number of aryl methyl sites for hydroxylation is 1. The standard InChI is InChI=1S/C16H13ClF3N/c1-9-6-7-13(17)11-8-14(21-15(9)11)10-4-2-3-5-12(10)16(18,19)20/h2-7,14,21H,8H2,1H3. The van der Waals surface area contributed by atoms with Gasteiger partial charge in [0, 0.05) is 17.1 Å². The Morgan fingerprint density at radius 2 is 1.86 bits per heavy atom. The second-order valence-corrected chi connectivity index (χ2v) is 5.61. The summed E-state index contributed by atoms with van der Waals surface area (Å²) in [4.78, 5) is 0. The summed E-state index contributed by atoms with van der Waals surface area (Å²) in [6.45, 7) is 1.92. The number of rotatable bonds is 1. The van der Waals surface area contributed by atoms with Crippen LogP contribution in [0, 0.1) is 6.92 Å². The van der Waals surface area contributed by atoms with Gasteiger partial charge in [0.1, 0.15) is 0 Å². The molecule has 1 N–H and O–H groups in total. The molecule has 3 rings (SSSR count). The summed E-state index contributed by atoms with van der Waals surface area (Å²) < 4.78 is 39.4. The van der Waals surface area contributed by atoms with E-state index in [1.54, 1.807) is 12.1 Å². The Morgan fingerprint density at radius 3 is 2.52 bits per heavy atom. The van der Waals surface area contributed by atoms with Gasteiger partial charge in [0.15, 0.2) is 0 Å². The molecule has 1 aliphatic rings. The van der Waals surface area contributed by atoms with Gasteiger partial charge in [-0.3, -0.25) is 0 Å². The smallest absolute Gasteiger partial charge is 0.377 e. The summed E-state index contributed by atoms with van der Waals surface area (Å²) in [7, 11) is 0. The van der Waals surface area contributed by atoms with Crippen molar-refractivity contribution in [2.24, 2.45) is 0 Å². The molecule has 110 valence electrons. The Hall–Kier alpha value is -1.68. The lowest BCUT2D eigenvalue weighted by Crippen LogP contribution is -2.15. The van der Waals surface area contributed by atoms with E-state index in [0.29, 0.717) is 11.4 Å². The number of anilines is 1. The van der Waals surface area contributed by atoms with E-state index >= 15 is 0 Å². The molecule has 0 radical (unpaired) electrons. The number of hydrogen-bond donors (Lipinski definition) is 1. The molecule has 5 heteroatoms. The fourth-order valence-corrected chi connectivity index (χ4v) is 3.05. The summed E-state index contributed by atoms with van der Waals surface area (Å²) in [5.74, 6) is 0. The molecular weight excluding hydrogens is 299 g/mol. The van der Waals surface area contributed by atoms with Crippen molar-refractivity contribution in [2.45, 2.75) is 25.6 Å². The Morgan fingerprint density at radius 1 is 1.14 bits per heavy atom. The van der Waals surface area contributed by atoms with Crippen molar-refractivity contribution in [2.75, 3.05) is 5.32 Å². The van der Waals surface area contributed by atoms with Gasteiger partial charge in [0.25, 0.3) is 0 Å². The van der Waals surface area contributed by atoms with E-state index in [2.05, 4.69) is 5.32 Å². The van der Waals surface area contributed by atoms with Crippen molar-refractivity contribution in [1.82, 2.24) is 0 Å². The second-order valence-electron chi connectivity index (χ2n) is 5.20. The van der Waals surface area contributed by atoms with Crippen molar-refractivity contribution >= 4 is 17.3 Å². The molecule has 2 aromatic rings. The minimum absolute atomic E-state index is 0.261. The first kappa shape index (κ1) is 14.3. The number of benzene rings is 2. The molecule has 0 aliphatic carbocycles. The van der Waals surface area contributed by atoms with Crippen LogP contribution in [-0.4, -0.2) is 0 Å². The molecule has 0 fully saturated rings. The lowest BCUT2D eigenvalue weighted by molar-refractivity contribution is -0.138. The highest BCUT2D eigenvalue weighted by atomic mass is 35.5. The van der Waals surface area contributed by atoms with Crippen LogP contribution in [0.4, 0.5) is 18.9 Å². The minimum atomic E-state index is -4.36. The number of hydrogen-bond acceptors (Lipinski definition) is 1. The van der Waals surface area contributed by atoms with Crippen molar-refractivity contribution < 1.29 is 13.2 Å². The third kappa shape index (κ3) is 2.48. The Bertz CT molecular complexity index is 663. The van der Waals surface area contributed by atoms with Crippen molar-refractivity contribution in [3.8, 4) is 0 Å². The van der Waals surface area contributed by atoms with Crippen molar-refractivity contribution in [1.29, 1.82) is 0 Å². The zero-order chi connectivity index (χ0) is 15.2. The highest BCUT2D eigenvalue weighted by Gasteiger charge is 2.36. The molecule has 0 amide bonds. The van der Waals surface area contributed by atoms with Gasteiger partial charge in [0.05, 0.1) is 11.6 Å². The third-order valence-corrected chi connectivity index (χ3v) is 4.19. The van der Waals surface area contributed by atoms with Gasteiger partial charge in [0.2, 0.25) is 0 Å². The number of halogens is 4. The molecule has 1 atom stereocenters. The van der Waals surface area contributed by atoms with Gasteiger partial charge in [-0.2, -0.15) is 13.2 Å². The van der Waals surface area contributed by atoms with Crippen LogP contribution in [0.1, 0.15) is 28.3 Å². The van der Waals surface area contributed by atoms with Gasteiger partial charge in [-0.1, -0.05) is 35.9 Å². The first-order valence-corrected chi connectivity index (χ1v) is 6.96. The molecule has 1 aliphatic heterocycles. The van der Waals surface area contributed by atoms with Crippen LogP contribution in [0.3, 0.4) is 0 Å². The monoisotopic (exact) mass is 311 g/mol. The Labute approximate surface area is 125 Å². The molecule has 2 aromatic carbocycles. The van der Waals surface area contributed by atoms with Gasteiger partial charge in [-0.15, -0.1) is 0 Å². The summed E-state index contributed by atoms with van der Waals surface area (Å²) >= 11 is 6.16. The second kappa shape index (κ2) is 4.95. The Kier molecular flexibility index (Phi) is 3.36. The van der Waals surface area contributed by atoms with E-state index in [1.165, 1.54) is 12.1 Å². The predicted octanol–water partition coefficient (Wildman–Crippen LogP) is 5.38. The van der Waals surface area contributed by atoms with Crippen molar-refractivity contribution in [3.63, 3.8) is 0 Å². The SMILES string of the molecule is Cc1ccc(Cl)c2c1NC(c1ccccc1C(F)(F)F)C2. The van der Waals surface area contributed by atoms with Gasteiger partial charge >= 0.3 is 6.18 Å². The fraction of sp³-hybridized carbons (Fsp3) is 0.250. The average Bonchev–Trinajstić information content (AvgIpc) is 2.88. The van der Waals surface area contributed by atoms with E-state index in [0.717, 1.165) is 22.9 Å². The van der Waals surface area contributed by atoms with Gasteiger partial charge < -0.3 is 5.32 Å². The largest absolute Gasteiger partial charge is 0.416 e. The van der Waals surface area contributed by atoms with E-state index in [4.69, 9.17) is 11.6 Å². The lowest BCUT2D eigenvalue weighted by atomic mass is 9.97. The lowest BCUT2D eigenvalue weighted by Gasteiger charge is -2.18. The quantitative estimate of drug-likeness (QED) is 0.746. The molecule has 0 bridgehead atoms. The van der Waals surface area contributed by atoms with E-state index in [9.17, 15) is 13.2 Å². The van der Waals surface area contributed by atoms with Crippen LogP contribution < -0.4 is 5.32 Å². The van der Waals surface area contributed by atoms with Crippen LogP contribution in [0.25, 0.3) is 0 Å². The maximum atomic E-state index is 13.1. The maximum absolute atomic E-state index is 13.1. The molecule has 0 saturated carbocycles. The van der Waals surface area contributed by atoms with E-state index in [-0.39, 0.29) is 5.56 Å². The van der Waals surface area contributed by atoms with Crippen LogP contribution in [0.2, 0.25) is 5.02 Å².